The van der Waals surface area contributed by atoms with E-state index in [1.807, 2.05) is 0 Å². The molecular formula is C31H48O. The van der Waals surface area contributed by atoms with E-state index in [1.54, 1.807) is 22.3 Å². The quantitative estimate of drug-likeness (QED) is 0.361. The third-order valence-electron chi connectivity index (χ3n) is 9.52. The van der Waals surface area contributed by atoms with Gasteiger partial charge in [-0.25, -0.2) is 0 Å². The lowest BCUT2D eigenvalue weighted by molar-refractivity contribution is 0.0443. The molecule has 0 saturated carbocycles. The molecule has 4 aliphatic rings. The summed E-state index contributed by atoms with van der Waals surface area (Å²) >= 11 is 0. The minimum atomic E-state index is 0.245. The molecule has 1 heteroatoms. The van der Waals surface area contributed by atoms with E-state index in [-0.39, 0.29) is 5.41 Å². The summed E-state index contributed by atoms with van der Waals surface area (Å²) in [7, 11) is 0. The summed E-state index contributed by atoms with van der Waals surface area (Å²) in [5.74, 6) is 4.21. The van der Waals surface area contributed by atoms with E-state index >= 15 is 0 Å². The molecule has 32 heavy (non-hydrogen) atoms. The first-order valence-corrected chi connectivity index (χ1v) is 13.8. The molecule has 0 aromatic heterocycles. The molecule has 178 valence electrons. The number of rotatable bonds is 7. The van der Waals surface area contributed by atoms with Crippen molar-refractivity contribution >= 4 is 0 Å². The monoisotopic (exact) mass is 436 g/mol. The Hall–Kier alpha value is -1.24. The summed E-state index contributed by atoms with van der Waals surface area (Å²) < 4.78 is 6.86. The second-order valence-corrected chi connectivity index (χ2v) is 12.0. The lowest BCUT2D eigenvalue weighted by Gasteiger charge is -2.46. The van der Waals surface area contributed by atoms with Crippen LogP contribution in [-0.2, 0) is 4.74 Å². The Kier molecular flexibility index (Phi) is 7.43. The second kappa shape index (κ2) is 9.94. The van der Waals surface area contributed by atoms with Crippen LogP contribution in [0.3, 0.4) is 0 Å². The summed E-state index contributed by atoms with van der Waals surface area (Å²) in [6.45, 7) is 14.4. The van der Waals surface area contributed by atoms with E-state index in [2.05, 4.69) is 59.8 Å². The molecule has 0 amide bonds. The van der Waals surface area contributed by atoms with Gasteiger partial charge in [-0.2, -0.15) is 0 Å². The van der Waals surface area contributed by atoms with Crippen LogP contribution in [0.25, 0.3) is 0 Å². The highest BCUT2D eigenvalue weighted by atomic mass is 16.5. The second-order valence-electron chi connectivity index (χ2n) is 12.0. The van der Waals surface area contributed by atoms with E-state index < -0.39 is 0 Å². The molecule has 5 unspecified atom stereocenters. The average Bonchev–Trinajstić information content (AvgIpc) is 2.80. The van der Waals surface area contributed by atoms with Gasteiger partial charge in [-0.05, 0) is 105 Å². The van der Waals surface area contributed by atoms with Crippen LogP contribution in [0, 0.1) is 29.1 Å². The van der Waals surface area contributed by atoms with Crippen molar-refractivity contribution < 1.29 is 4.74 Å². The SMILES string of the molecule is CCCCC(C)C1=C(C)CC(C2CC=CC3=C2CC2CCC=C(C(C)(C)CC)C2O3)CC1. The third kappa shape index (κ3) is 4.69. The van der Waals surface area contributed by atoms with Gasteiger partial charge in [-0.15, -0.1) is 0 Å². The number of ether oxygens (including phenoxy) is 1. The fraction of sp³-hybridized carbons (Fsp3) is 0.742. The Bertz CT molecular complexity index is 804. The maximum atomic E-state index is 6.86. The van der Waals surface area contributed by atoms with Crippen molar-refractivity contribution in [3.63, 3.8) is 0 Å². The Balaban J connectivity index is 1.51. The number of allylic oxidation sites excluding steroid dienone is 6. The molecule has 0 saturated heterocycles. The predicted molar refractivity (Wildman–Crippen MR) is 137 cm³/mol. The molecule has 4 rings (SSSR count). The highest BCUT2D eigenvalue weighted by Crippen LogP contribution is 2.51. The molecule has 0 N–H and O–H groups in total. The number of fused-ring (bicyclic) bond motifs is 1. The standard InChI is InChI=1S/C31H48O/c1-7-9-12-21(3)25-18-17-23(19-22(25)4)26-14-11-16-29-27(26)20-24-13-10-15-28(30(24)32-29)31(5,6)8-2/h11,15-16,21,23-24,26,30H,7-10,12-14,17-20H2,1-6H3. The zero-order chi connectivity index (χ0) is 22.9. The summed E-state index contributed by atoms with van der Waals surface area (Å²) in [6.07, 6.45) is 21.8. The van der Waals surface area contributed by atoms with Crippen LogP contribution in [0.4, 0.5) is 0 Å². The number of hydrogen-bond donors (Lipinski definition) is 0. The van der Waals surface area contributed by atoms with Crippen LogP contribution in [0.2, 0.25) is 0 Å². The van der Waals surface area contributed by atoms with Crippen molar-refractivity contribution in [2.45, 2.75) is 118 Å². The van der Waals surface area contributed by atoms with Gasteiger partial charge in [0.15, 0.2) is 0 Å². The van der Waals surface area contributed by atoms with Crippen LogP contribution in [0.5, 0.6) is 0 Å². The van der Waals surface area contributed by atoms with Crippen molar-refractivity contribution in [1.82, 2.24) is 0 Å². The van der Waals surface area contributed by atoms with Gasteiger partial charge < -0.3 is 4.74 Å². The van der Waals surface area contributed by atoms with Crippen LogP contribution in [0.1, 0.15) is 112 Å². The van der Waals surface area contributed by atoms with E-state index in [9.17, 15) is 0 Å². The average molecular weight is 437 g/mol. The van der Waals surface area contributed by atoms with Crippen LogP contribution in [0.15, 0.2) is 46.3 Å². The smallest absolute Gasteiger partial charge is 0.123 e. The van der Waals surface area contributed by atoms with Gasteiger partial charge in [0, 0.05) is 5.92 Å². The lowest BCUT2D eigenvalue weighted by atomic mass is 9.65. The van der Waals surface area contributed by atoms with Crippen molar-refractivity contribution in [2.24, 2.45) is 29.1 Å². The zero-order valence-electron chi connectivity index (χ0n) is 21.8. The number of unbranched alkanes of at least 4 members (excludes halogenated alkanes) is 1. The molecule has 1 aliphatic heterocycles. The van der Waals surface area contributed by atoms with Gasteiger partial charge in [0.1, 0.15) is 11.9 Å². The van der Waals surface area contributed by atoms with E-state index in [0.717, 1.165) is 11.8 Å². The molecule has 0 radical (unpaired) electrons. The van der Waals surface area contributed by atoms with E-state index in [0.29, 0.717) is 17.9 Å². The fourth-order valence-corrected chi connectivity index (χ4v) is 7.10. The van der Waals surface area contributed by atoms with Gasteiger partial charge in [0.2, 0.25) is 0 Å². The summed E-state index contributed by atoms with van der Waals surface area (Å²) in [6, 6.07) is 0. The Labute approximate surface area is 198 Å². The maximum Gasteiger partial charge on any atom is 0.123 e. The molecule has 1 nitrogen and oxygen atoms in total. The Morgan fingerprint density at radius 1 is 1.12 bits per heavy atom. The van der Waals surface area contributed by atoms with Gasteiger partial charge in [0.25, 0.3) is 0 Å². The minimum absolute atomic E-state index is 0.245. The molecule has 0 bridgehead atoms. The third-order valence-corrected chi connectivity index (χ3v) is 9.52. The summed E-state index contributed by atoms with van der Waals surface area (Å²) in [4.78, 5) is 0. The zero-order valence-corrected chi connectivity index (χ0v) is 21.8. The van der Waals surface area contributed by atoms with E-state index in [1.165, 1.54) is 76.4 Å². The molecular weight excluding hydrogens is 388 g/mol. The molecule has 0 fully saturated rings. The highest BCUT2D eigenvalue weighted by molar-refractivity contribution is 5.35. The van der Waals surface area contributed by atoms with Crippen molar-refractivity contribution in [3.05, 3.63) is 46.3 Å². The first kappa shape index (κ1) is 23.9. The predicted octanol–water partition coefficient (Wildman–Crippen LogP) is 9.32. The Morgan fingerprint density at radius 3 is 2.66 bits per heavy atom. The molecule has 3 aliphatic carbocycles. The van der Waals surface area contributed by atoms with Crippen molar-refractivity contribution in [3.8, 4) is 0 Å². The Morgan fingerprint density at radius 2 is 1.94 bits per heavy atom. The summed E-state index contributed by atoms with van der Waals surface area (Å²) in [5.41, 5.74) is 6.99. The summed E-state index contributed by atoms with van der Waals surface area (Å²) in [5, 5.41) is 0. The van der Waals surface area contributed by atoms with Crippen molar-refractivity contribution in [1.29, 1.82) is 0 Å². The molecule has 0 spiro atoms. The molecule has 5 atom stereocenters. The van der Waals surface area contributed by atoms with Gasteiger partial charge in [-0.1, -0.05) is 70.8 Å². The first-order valence-electron chi connectivity index (χ1n) is 13.8. The minimum Gasteiger partial charge on any atom is -0.486 e. The van der Waals surface area contributed by atoms with Crippen LogP contribution >= 0.6 is 0 Å². The fourth-order valence-electron chi connectivity index (χ4n) is 7.10. The first-order chi connectivity index (χ1) is 15.4. The van der Waals surface area contributed by atoms with Gasteiger partial charge >= 0.3 is 0 Å². The lowest BCUT2D eigenvalue weighted by Crippen LogP contribution is -2.40. The van der Waals surface area contributed by atoms with E-state index in [4.69, 9.17) is 4.74 Å². The van der Waals surface area contributed by atoms with Gasteiger partial charge in [-0.3, -0.25) is 0 Å². The molecule has 1 heterocycles. The van der Waals surface area contributed by atoms with Gasteiger partial charge in [0.05, 0.1) is 0 Å². The molecule has 0 aromatic carbocycles. The van der Waals surface area contributed by atoms with Crippen LogP contribution < -0.4 is 0 Å². The number of hydrogen-bond acceptors (Lipinski definition) is 1. The van der Waals surface area contributed by atoms with Crippen molar-refractivity contribution in [2.75, 3.05) is 0 Å². The maximum absolute atomic E-state index is 6.86. The molecule has 0 aromatic rings. The van der Waals surface area contributed by atoms with Crippen LogP contribution in [-0.4, -0.2) is 6.10 Å². The normalized spacial score (nSPS) is 31.6. The largest absolute Gasteiger partial charge is 0.486 e. The highest BCUT2D eigenvalue weighted by Gasteiger charge is 2.43. The topological polar surface area (TPSA) is 9.23 Å².